The Kier molecular flexibility index (Phi) is 71.2. The number of aliphatic hydroxyl groups is 1. The molecule has 0 spiro atoms. The topological polar surface area (TPSA) is 237 Å². The summed E-state index contributed by atoms with van der Waals surface area (Å²) in [6.45, 7) is 9.56. The Morgan fingerprint density at radius 2 is 0.510 bits per heavy atom. The third-order valence-electron chi connectivity index (χ3n) is 19.3. The maximum atomic E-state index is 13.1. The summed E-state index contributed by atoms with van der Waals surface area (Å²) in [7, 11) is -9.92. The molecule has 3 N–H and O–H groups in total. The second-order valence-electron chi connectivity index (χ2n) is 29.9. The van der Waals surface area contributed by atoms with Crippen LogP contribution in [-0.4, -0.2) is 96.7 Å². The molecule has 0 bridgehead atoms. The van der Waals surface area contributed by atoms with Crippen LogP contribution in [0.2, 0.25) is 0 Å². The van der Waals surface area contributed by atoms with Gasteiger partial charge in [0.15, 0.2) is 12.2 Å². The number of esters is 4. The first kappa shape index (κ1) is 98.1. The fourth-order valence-corrected chi connectivity index (χ4v) is 14.1. The van der Waals surface area contributed by atoms with Gasteiger partial charge in [0.25, 0.3) is 0 Å². The molecule has 0 amide bonds. The lowest BCUT2D eigenvalue weighted by Crippen LogP contribution is -2.30. The summed E-state index contributed by atoms with van der Waals surface area (Å²) in [5.74, 6) is -0.644. The lowest BCUT2D eigenvalue weighted by atomic mass is 10.00. The highest BCUT2D eigenvalue weighted by atomic mass is 31.2. The predicted octanol–water partition coefficient (Wildman–Crippen LogP) is 24.3. The molecule has 6 atom stereocenters. The number of phosphoric acid groups is 2. The van der Waals surface area contributed by atoms with Gasteiger partial charge in [-0.3, -0.25) is 37.3 Å². The van der Waals surface area contributed by atoms with Crippen molar-refractivity contribution in [3.63, 3.8) is 0 Å². The van der Waals surface area contributed by atoms with Crippen molar-refractivity contribution in [1.29, 1.82) is 0 Å². The van der Waals surface area contributed by atoms with E-state index in [-0.39, 0.29) is 25.7 Å². The van der Waals surface area contributed by atoms with Crippen molar-refractivity contribution in [3.05, 3.63) is 0 Å². The van der Waals surface area contributed by atoms with E-state index in [1.165, 1.54) is 238 Å². The van der Waals surface area contributed by atoms with Crippen LogP contribution in [0.3, 0.4) is 0 Å². The molecule has 0 aliphatic carbocycles. The van der Waals surface area contributed by atoms with Crippen LogP contribution in [0.5, 0.6) is 0 Å². The minimum absolute atomic E-state index is 0.105. The summed E-state index contributed by atoms with van der Waals surface area (Å²) in [5, 5.41) is 10.6. The number of carbonyl (C=O) groups excluding carboxylic acids is 4. The average Bonchev–Trinajstić information content (AvgIpc) is 0.967. The van der Waals surface area contributed by atoms with Crippen LogP contribution in [-0.2, 0) is 65.4 Å². The first-order chi connectivity index (χ1) is 48.4. The molecule has 19 heteroatoms. The van der Waals surface area contributed by atoms with Gasteiger partial charge in [-0.25, -0.2) is 9.13 Å². The Balaban J connectivity index is 5.22. The SMILES string of the molecule is CCCCCCCCCCCCCCCCCCCCCC(=O)OC[C@H](COP(=O)(O)OC[C@@H](O)COP(=O)(O)OC[C@@H](COC(=O)CCCCCCCCC(C)CC)OC(=O)CCCCCCCCCCCC(C)C)OC(=O)CCCCCCCCCCCCCCCCCCCCC. The summed E-state index contributed by atoms with van der Waals surface area (Å²) in [6, 6.07) is 0. The van der Waals surface area contributed by atoms with Crippen LogP contribution in [0.25, 0.3) is 0 Å². The van der Waals surface area contributed by atoms with Crippen molar-refractivity contribution in [2.75, 3.05) is 39.6 Å². The highest BCUT2D eigenvalue weighted by molar-refractivity contribution is 7.47. The molecule has 17 nitrogen and oxygen atoms in total. The van der Waals surface area contributed by atoms with E-state index in [4.69, 9.17) is 37.0 Å². The zero-order chi connectivity index (χ0) is 73.5. The summed E-state index contributed by atoms with van der Waals surface area (Å²) < 4.78 is 68.7. The third kappa shape index (κ3) is 73.0. The highest BCUT2D eigenvalue weighted by Gasteiger charge is 2.30. The Morgan fingerprint density at radius 3 is 0.760 bits per heavy atom. The van der Waals surface area contributed by atoms with Crippen LogP contribution in [0.4, 0.5) is 0 Å². The first-order valence-electron chi connectivity index (χ1n) is 42.0. The van der Waals surface area contributed by atoms with Crippen molar-refractivity contribution in [2.24, 2.45) is 11.8 Å². The third-order valence-corrected chi connectivity index (χ3v) is 21.2. The van der Waals surface area contributed by atoms with Crippen LogP contribution in [0.1, 0.15) is 427 Å². The Labute approximate surface area is 613 Å². The molecule has 0 aliphatic heterocycles. The molecule has 0 aromatic heterocycles. The maximum Gasteiger partial charge on any atom is 0.472 e. The van der Waals surface area contributed by atoms with E-state index in [0.717, 1.165) is 108 Å². The second-order valence-corrected chi connectivity index (χ2v) is 32.8. The molecule has 0 heterocycles. The Bertz CT molecular complexity index is 1930. The van der Waals surface area contributed by atoms with Crippen molar-refractivity contribution >= 4 is 39.5 Å². The molecule has 0 fully saturated rings. The standard InChI is InChI=1S/C81H158O17P2/c1-7-10-12-14-16-18-20-22-24-26-28-30-32-34-36-40-44-51-57-63-78(83)91-69-76(97-80(85)65-59-53-45-41-37-35-33-31-29-27-25-23-21-19-17-15-13-11-8-2)71-95-99(87,88)93-67-75(82)68-94-100(89,90)96-72-77(70-92-79(84)64-58-52-48-47-50-56-62-74(6)9-3)98-81(86)66-60-54-46-42-38-39-43-49-55-61-73(4)5/h73-77,82H,7-72H2,1-6H3,(H,87,88)(H,89,90)/t74?,75-,76-,77-/m1/s1. The lowest BCUT2D eigenvalue weighted by Gasteiger charge is -2.21. The van der Waals surface area contributed by atoms with E-state index >= 15 is 0 Å². The smallest absolute Gasteiger partial charge is 0.462 e. The van der Waals surface area contributed by atoms with E-state index in [0.29, 0.717) is 25.7 Å². The van der Waals surface area contributed by atoms with E-state index < -0.39 is 97.5 Å². The molecule has 0 saturated carbocycles. The van der Waals surface area contributed by atoms with Gasteiger partial charge < -0.3 is 33.8 Å². The Hall–Kier alpha value is -1.94. The normalized spacial score (nSPS) is 14.2. The van der Waals surface area contributed by atoms with Gasteiger partial charge in [0.2, 0.25) is 0 Å². The minimum atomic E-state index is -4.96. The van der Waals surface area contributed by atoms with Gasteiger partial charge in [-0.1, -0.05) is 375 Å². The van der Waals surface area contributed by atoms with Gasteiger partial charge in [0, 0.05) is 25.7 Å². The quantitative estimate of drug-likeness (QED) is 0.0222. The molecule has 3 unspecified atom stereocenters. The zero-order valence-electron chi connectivity index (χ0n) is 65.5. The van der Waals surface area contributed by atoms with Crippen molar-refractivity contribution < 1.29 is 80.2 Å². The number of phosphoric ester groups is 2. The van der Waals surface area contributed by atoms with Crippen molar-refractivity contribution in [1.82, 2.24) is 0 Å². The van der Waals surface area contributed by atoms with Gasteiger partial charge in [-0.15, -0.1) is 0 Å². The fraction of sp³-hybridized carbons (Fsp3) is 0.951. The van der Waals surface area contributed by atoms with Gasteiger partial charge >= 0.3 is 39.5 Å². The van der Waals surface area contributed by atoms with Crippen molar-refractivity contribution in [3.8, 4) is 0 Å². The molecular weight excluding hydrogens is 1310 g/mol. The summed E-state index contributed by atoms with van der Waals surface area (Å²) in [6.07, 6.45) is 62.6. The predicted molar refractivity (Wildman–Crippen MR) is 409 cm³/mol. The second kappa shape index (κ2) is 72.6. The van der Waals surface area contributed by atoms with Crippen LogP contribution in [0.15, 0.2) is 0 Å². The first-order valence-corrected chi connectivity index (χ1v) is 45.0. The minimum Gasteiger partial charge on any atom is -0.462 e. The van der Waals surface area contributed by atoms with Crippen LogP contribution < -0.4 is 0 Å². The number of rotatable bonds is 80. The molecule has 0 aromatic rings. The molecular formula is C81H158O17P2. The van der Waals surface area contributed by atoms with Crippen molar-refractivity contribution in [2.45, 2.75) is 445 Å². The molecule has 0 aromatic carbocycles. The lowest BCUT2D eigenvalue weighted by molar-refractivity contribution is -0.161. The molecule has 0 rings (SSSR count). The highest BCUT2D eigenvalue weighted by Crippen LogP contribution is 2.45. The summed E-state index contributed by atoms with van der Waals surface area (Å²) in [4.78, 5) is 73.0. The monoisotopic (exact) mass is 1470 g/mol. The number of hydrogen-bond donors (Lipinski definition) is 3. The molecule has 0 radical (unpaired) electrons. The largest absolute Gasteiger partial charge is 0.472 e. The van der Waals surface area contributed by atoms with Crippen LogP contribution >= 0.6 is 15.6 Å². The number of aliphatic hydroxyl groups excluding tert-OH is 1. The summed E-state index contributed by atoms with van der Waals surface area (Å²) >= 11 is 0. The van der Waals surface area contributed by atoms with E-state index in [2.05, 4.69) is 41.5 Å². The molecule has 0 aliphatic rings. The van der Waals surface area contributed by atoms with Gasteiger partial charge in [-0.05, 0) is 37.5 Å². The number of carbonyl (C=O) groups is 4. The number of ether oxygens (including phenoxy) is 4. The van der Waals surface area contributed by atoms with E-state index in [1.54, 1.807) is 0 Å². The van der Waals surface area contributed by atoms with Gasteiger partial charge in [0.05, 0.1) is 26.4 Å². The van der Waals surface area contributed by atoms with Gasteiger partial charge in [0.1, 0.15) is 19.3 Å². The Morgan fingerprint density at radius 1 is 0.290 bits per heavy atom. The fourth-order valence-electron chi connectivity index (χ4n) is 12.5. The van der Waals surface area contributed by atoms with Crippen LogP contribution in [0, 0.1) is 11.8 Å². The number of hydrogen-bond acceptors (Lipinski definition) is 15. The molecule has 0 saturated heterocycles. The number of unbranched alkanes of at least 4 members (excludes halogenated alkanes) is 49. The summed E-state index contributed by atoms with van der Waals surface area (Å²) in [5.41, 5.74) is 0. The molecule has 100 heavy (non-hydrogen) atoms. The zero-order valence-corrected chi connectivity index (χ0v) is 67.3. The average molecular weight is 1470 g/mol. The van der Waals surface area contributed by atoms with E-state index in [1.807, 2.05) is 0 Å². The van der Waals surface area contributed by atoms with E-state index in [9.17, 15) is 43.2 Å². The molecule has 594 valence electrons. The van der Waals surface area contributed by atoms with Gasteiger partial charge in [-0.2, -0.15) is 0 Å². The maximum absolute atomic E-state index is 13.1.